The summed E-state index contributed by atoms with van der Waals surface area (Å²) in [5.74, 6) is -1.09. The lowest BCUT2D eigenvalue weighted by Crippen LogP contribution is -2.46. The van der Waals surface area contributed by atoms with Gasteiger partial charge in [0.05, 0.1) is 13.1 Å². The highest BCUT2D eigenvalue weighted by Crippen LogP contribution is 2.07. The molecule has 2 heterocycles. The molecule has 174 valence electrons. The van der Waals surface area contributed by atoms with Gasteiger partial charge >= 0.3 is 14.2 Å². The summed E-state index contributed by atoms with van der Waals surface area (Å²) in [6.45, 7) is 10.8. The van der Waals surface area contributed by atoms with E-state index in [9.17, 15) is 29.7 Å². The highest BCUT2D eigenvalue weighted by molar-refractivity contribution is 6.60. The minimum Gasteiger partial charge on any atom is -0.423 e. The van der Waals surface area contributed by atoms with Gasteiger partial charge in [0, 0.05) is 34.4 Å². The Kier molecular flexibility index (Phi) is 7.55. The van der Waals surface area contributed by atoms with Gasteiger partial charge < -0.3 is 30.7 Å². The number of amides is 2. The van der Waals surface area contributed by atoms with Gasteiger partial charge in [-0.25, -0.2) is 0 Å². The molecule has 6 N–H and O–H groups in total. The van der Waals surface area contributed by atoms with Crippen molar-refractivity contribution >= 4 is 37.0 Å². The molecule has 2 aromatic heterocycles. The van der Waals surface area contributed by atoms with Crippen LogP contribution in [0, 0.1) is 0 Å². The summed E-state index contributed by atoms with van der Waals surface area (Å²) in [7, 11) is -3.81. The Balaban J connectivity index is 2.37. The number of rotatable bonds is 7. The van der Waals surface area contributed by atoms with Gasteiger partial charge in [-0.05, 0) is 41.5 Å². The number of aryl methyl sites for hydroxylation is 2. The molecule has 0 spiro atoms. The smallest absolute Gasteiger partial charge is 0.423 e. The van der Waals surface area contributed by atoms with Gasteiger partial charge in [-0.2, -0.15) is 10.2 Å². The van der Waals surface area contributed by atoms with Crippen LogP contribution >= 0.6 is 0 Å². The third-order valence-electron chi connectivity index (χ3n) is 4.22. The molecule has 0 aromatic carbocycles. The predicted molar refractivity (Wildman–Crippen MR) is 119 cm³/mol. The van der Waals surface area contributed by atoms with Crippen LogP contribution in [-0.4, -0.2) is 76.8 Å². The van der Waals surface area contributed by atoms with E-state index in [0.29, 0.717) is 0 Å². The first-order valence-corrected chi connectivity index (χ1v) is 10.1. The molecule has 2 aromatic rings. The Hall–Kier alpha value is -2.67. The minimum absolute atomic E-state index is 0.0369. The monoisotopic (exact) mass is 448 g/mol. The highest BCUT2D eigenvalue weighted by Gasteiger charge is 2.30. The van der Waals surface area contributed by atoms with E-state index in [2.05, 4.69) is 20.8 Å². The predicted octanol–water partition coefficient (Wildman–Crippen LogP) is -2.80. The average Bonchev–Trinajstić information content (AvgIpc) is 3.21. The Labute approximate surface area is 186 Å². The third-order valence-corrected chi connectivity index (χ3v) is 4.22. The van der Waals surface area contributed by atoms with Crippen molar-refractivity contribution in [1.29, 1.82) is 0 Å². The Morgan fingerprint density at radius 3 is 1.34 bits per heavy atom. The molecule has 0 aliphatic rings. The summed E-state index contributed by atoms with van der Waals surface area (Å²) in [6, 6.07) is 0. The summed E-state index contributed by atoms with van der Waals surface area (Å²) in [6.07, 6.45) is 2.36. The lowest BCUT2D eigenvalue weighted by atomic mass is 9.80. The van der Waals surface area contributed by atoms with E-state index >= 15 is 0 Å². The van der Waals surface area contributed by atoms with Crippen molar-refractivity contribution in [2.45, 2.75) is 65.7 Å². The van der Waals surface area contributed by atoms with Crippen molar-refractivity contribution in [3.05, 3.63) is 23.8 Å². The average molecular weight is 448 g/mol. The van der Waals surface area contributed by atoms with Crippen LogP contribution in [0.2, 0.25) is 0 Å². The molecule has 0 saturated carbocycles. The topological polar surface area (TPSA) is 175 Å². The first-order valence-electron chi connectivity index (χ1n) is 10.1. The van der Waals surface area contributed by atoms with Crippen LogP contribution in [0.25, 0.3) is 0 Å². The van der Waals surface area contributed by atoms with Gasteiger partial charge in [0.25, 0.3) is 11.8 Å². The second-order valence-electron chi connectivity index (χ2n) is 9.50. The molecule has 0 aliphatic heterocycles. The summed E-state index contributed by atoms with van der Waals surface area (Å²) >= 11 is 0. The second-order valence-corrected chi connectivity index (χ2v) is 9.50. The van der Waals surface area contributed by atoms with Gasteiger partial charge in [0.1, 0.15) is 11.4 Å². The second kappa shape index (κ2) is 9.45. The van der Waals surface area contributed by atoms with Crippen LogP contribution in [0.3, 0.4) is 0 Å². The Bertz CT molecular complexity index is 895. The van der Waals surface area contributed by atoms with Crippen molar-refractivity contribution in [1.82, 2.24) is 30.2 Å². The third kappa shape index (κ3) is 6.42. The molecule has 0 aliphatic carbocycles. The normalized spacial score (nSPS) is 11.9. The molecule has 32 heavy (non-hydrogen) atoms. The Morgan fingerprint density at radius 1 is 0.781 bits per heavy atom. The molecule has 2 amide bonds. The van der Waals surface area contributed by atoms with E-state index < -0.39 is 37.1 Å². The molecule has 0 atom stereocenters. The Morgan fingerprint density at radius 2 is 1.09 bits per heavy atom. The molecule has 0 bridgehead atoms. The number of carbonyl (C=O) groups excluding carboxylic acids is 2. The number of nitrogens with zero attached hydrogens (tertiary/aromatic N) is 4. The lowest BCUT2D eigenvalue weighted by Gasteiger charge is -2.22. The molecule has 0 saturated heterocycles. The van der Waals surface area contributed by atoms with E-state index in [0.717, 1.165) is 0 Å². The van der Waals surface area contributed by atoms with Gasteiger partial charge in [0.2, 0.25) is 0 Å². The number of aromatic nitrogens is 4. The number of carbonyl (C=O) groups is 2. The molecular formula is C18H30B2N6O6. The van der Waals surface area contributed by atoms with Crippen LogP contribution in [0.5, 0.6) is 0 Å². The quantitative estimate of drug-likeness (QED) is 0.246. The fourth-order valence-electron chi connectivity index (χ4n) is 3.00. The fourth-order valence-corrected chi connectivity index (χ4v) is 3.00. The highest BCUT2D eigenvalue weighted by atomic mass is 16.4. The number of nitrogens with one attached hydrogen (secondary N) is 2. The number of hydrogen-bond acceptors (Lipinski definition) is 8. The summed E-state index contributed by atoms with van der Waals surface area (Å²) in [4.78, 5) is 25.5. The molecule has 12 nitrogen and oxygen atoms in total. The van der Waals surface area contributed by atoms with Crippen LogP contribution in [0.15, 0.2) is 12.4 Å². The van der Waals surface area contributed by atoms with Crippen molar-refractivity contribution in [3.63, 3.8) is 0 Å². The summed E-state index contributed by atoms with van der Waals surface area (Å²) < 4.78 is 2.55. The van der Waals surface area contributed by atoms with E-state index in [1.54, 1.807) is 41.5 Å². The maximum absolute atomic E-state index is 12.8. The van der Waals surface area contributed by atoms with E-state index in [4.69, 9.17) is 0 Å². The lowest BCUT2D eigenvalue weighted by molar-refractivity contribution is 0.0895. The molecule has 0 unspecified atom stereocenters. The van der Waals surface area contributed by atoms with Crippen molar-refractivity contribution in [3.8, 4) is 0 Å². The zero-order chi connectivity index (χ0) is 24.4. The van der Waals surface area contributed by atoms with E-state index in [1.807, 2.05) is 0 Å². The van der Waals surface area contributed by atoms with Gasteiger partial charge in [-0.1, -0.05) is 0 Å². The zero-order valence-corrected chi connectivity index (χ0v) is 19.1. The first-order chi connectivity index (χ1) is 14.6. The molecule has 0 radical (unpaired) electrons. The summed E-state index contributed by atoms with van der Waals surface area (Å²) in [5.41, 5.74) is -1.35. The van der Waals surface area contributed by atoms with Crippen LogP contribution in [0.4, 0.5) is 0 Å². The van der Waals surface area contributed by atoms with Crippen molar-refractivity contribution in [2.24, 2.45) is 0 Å². The maximum atomic E-state index is 12.8. The van der Waals surface area contributed by atoms with Crippen molar-refractivity contribution < 1.29 is 29.7 Å². The van der Waals surface area contributed by atoms with Crippen molar-refractivity contribution in [2.75, 3.05) is 0 Å². The van der Waals surface area contributed by atoms with Crippen LogP contribution in [-0.2, 0) is 13.1 Å². The summed E-state index contributed by atoms with van der Waals surface area (Å²) in [5, 5.41) is 52.2. The maximum Gasteiger partial charge on any atom is 0.492 e. The van der Waals surface area contributed by atoms with Gasteiger partial charge in [-0.3, -0.25) is 19.0 Å². The minimum atomic E-state index is -1.90. The first kappa shape index (κ1) is 25.6. The molecule has 14 heteroatoms. The van der Waals surface area contributed by atoms with Gasteiger partial charge in [-0.15, -0.1) is 0 Å². The number of hydrogen-bond donors (Lipinski definition) is 6. The van der Waals surface area contributed by atoms with Crippen LogP contribution in [0.1, 0.15) is 62.5 Å². The van der Waals surface area contributed by atoms with Crippen LogP contribution < -0.4 is 21.6 Å². The van der Waals surface area contributed by atoms with E-state index in [1.165, 1.54) is 21.8 Å². The fraction of sp³-hybridized carbons (Fsp3) is 0.556. The largest absolute Gasteiger partial charge is 0.492 e. The molecule has 2 rings (SSSR count). The zero-order valence-electron chi connectivity index (χ0n) is 19.1. The standard InChI is InChI=1S/C18H30B2N6O6/c1-17(2,3)23-15(27)13-11(19(29)30)9-21-25(13)7-8-26-14(12(10-22-26)20(31)32)16(28)24-18(4,5)6/h9-10,29-32H,7-8H2,1-6H3,(H,23,27)(H,24,28). The molecule has 0 fully saturated rings. The van der Waals surface area contributed by atoms with E-state index in [-0.39, 0.29) is 35.4 Å². The molecular weight excluding hydrogens is 418 g/mol. The van der Waals surface area contributed by atoms with Gasteiger partial charge in [0.15, 0.2) is 0 Å². The SMILES string of the molecule is CC(C)(C)NC(=O)c1c(B(O)O)cnn1CCn1ncc(B(O)O)c1C(=O)NC(C)(C)C.